The summed E-state index contributed by atoms with van der Waals surface area (Å²) < 4.78 is 17.5. The van der Waals surface area contributed by atoms with E-state index in [1.165, 1.54) is 32.4 Å². The third-order valence-electron chi connectivity index (χ3n) is 5.54. The van der Waals surface area contributed by atoms with Crippen molar-refractivity contribution in [2.24, 2.45) is 0 Å². The number of benzene rings is 3. The summed E-state index contributed by atoms with van der Waals surface area (Å²) in [6.07, 6.45) is 3.99. The molecule has 0 bridgehead atoms. The van der Waals surface area contributed by atoms with Gasteiger partial charge < -0.3 is 14.2 Å². The molecule has 0 amide bonds. The topological polar surface area (TPSA) is 30.9 Å². The molecule has 0 aliphatic carbocycles. The molecule has 3 aromatic carbocycles. The highest BCUT2D eigenvalue weighted by molar-refractivity contribution is 5.90. The highest BCUT2D eigenvalue weighted by Gasteiger charge is 2.11. The van der Waals surface area contributed by atoms with Crippen LogP contribution in [0.5, 0.6) is 23.0 Å². The van der Waals surface area contributed by atoms with Crippen LogP contribution in [0, 0.1) is 6.92 Å². The quantitative estimate of drug-likeness (QED) is 0.508. The average Bonchev–Trinajstić information content (AvgIpc) is 2.77. The van der Waals surface area contributed by atoms with Crippen LogP contribution in [0.25, 0.3) is 10.8 Å². The van der Waals surface area contributed by atoms with E-state index in [0.29, 0.717) is 0 Å². The van der Waals surface area contributed by atoms with Crippen LogP contribution in [0.1, 0.15) is 24.8 Å². The molecule has 4 nitrogen and oxygen atoms in total. The number of aryl methyl sites for hydroxylation is 1. The summed E-state index contributed by atoms with van der Waals surface area (Å²) in [5.74, 6) is 3.41. The lowest BCUT2D eigenvalue weighted by molar-refractivity contribution is 0.183. The fraction of sp³-hybridized carbons (Fsp3) is 0.360. The van der Waals surface area contributed by atoms with E-state index in [1.807, 2.05) is 36.4 Å². The summed E-state index contributed by atoms with van der Waals surface area (Å²) in [6.45, 7) is 6.19. The third-order valence-corrected chi connectivity index (χ3v) is 5.54. The first kappa shape index (κ1) is 19.6. The molecule has 1 heterocycles. The van der Waals surface area contributed by atoms with Crippen molar-refractivity contribution in [2.45, 2.75) is 26.2 Å². The van der Waals surface area contributed by atoms with Crippen molar-refractivity contribution >= 4 is 10.8 Å². The summed E-state index contributed by atoms with van der Waals surface area (Å²) >= 11 is 0. The summed E-state index contributed by atoms with van der Waals surface area (Å²) in [7, 11) is 1.68. The Morgan fingerprint density at radius 1 is 0.828 bits per heavy atom. The van der Waals surface area contributed by atoms with E-state index < -0.39 is 0 Å². The van der Waals surface area contributed by atoms with Gasteiger partial charge in [-0.05, 0) is 86.3 Å². The predicted octanol–water partition coefficient (Wildman–Crippen LogP) is 5.81. The second kappa shape index (κ2) is 9.19. The molecule has 0 unspecified atom stereocenters. The minimum atomic E-state index is 0.727. The van der Waals surface area contributed by atoms with Crippen LogP contribution in [0.3, 0.4) is 0 Å². The Hall–Kier alpha value is -2.72. The number of piperidine rings is 1. The number of hydrogen-bond acceptors (Lipinski definition) is 4. The Morgan fingerprint density at radius 3 is 2.31 bits per heavy atom. The van der Waals surface area contributed by atoms with E-state index >= 15 is 0 Å². The van der Waals surface area contributed by atoms with Crippen molar-refractivity contribution in [3.63, 3.8) is 0 Å². The lowest BCUT2D eigenvalue weighted by Gasteiger charge is -2.26. The van der Waals surface area contributed by atoms with E-state index in [2.05, 4.69) is 30.0 Å². The zero-order valence-electron chi connectivity index (χ0n) is 17.3. The van der Waals surface area contributed by atoms with Gasteiger partial charge in [0.1, 0.15) is 29.6 Å². The summed E-state index contributed by atoms with van der Waals surface area (Å²) in [5, 5.41) is 2.18. The second-order valence-corrected chi connectivity index (χ2v) is 7.62. The molecule has 152 valence electrons. The number of nitrogens with zero attached hydrogens (tertiary/aromatic N) is 1. The average molecular weight is 392 g/mol. The standard InChI is InChI=1S/C25H29NO3/c1-19-6-7-20-18-23(27-2)12-13-24(20)25(19)29-22-10-8-21(9-11-22)28-17-16-26-14-4-3-5-15-26/h6-13,18H,3-5,14-17H2,1-2H3. The minimum Gasteiger partial charge on any atom is -0.497 e. The first-order valence-corrected chi connectivity index (χ1v) is 10.4. The highest BCUT2D eigenvalue weighted by Crippen LogP contribution is 2.35. The largest absolute Gasteiger partial charge is 0.497 e. The van der Waals surface area contributed by atoms with E-state index in [-0.39, 0.29) is 0 Å². The van der Waals surface area contributed by atoms with Crippen molar-refractivity contribution in [3.8, 4) is 23.0 Å². The van der Waals surface area contributed by atoms with Crippen LogP contribution >= 0.6 is 0 Å². The van der Waals surface area contributed by atoms with Gasteiger partial charge in [0.2, 0.25) is 0 Å². The zero-order chi connectivity index (χ0) is 20.1. The maximum atomic E-state index is 6.25. The van der Waals surface area contributed by atoms with Crippen molar-refractivity contribution in [2.75, 3.05) is 33.4 Å². The summed E-state index contributed by atoms with van der Waals surface area (Å²) in [4.78, 5) is 2.49. The van der Waals surface area contributed by atoms with Gasteiger partial charge in [0.15, 0.2) is 0 Å². The SMILES string of the molecule is COc1ccc2c(Oc3ccc(OCCN4CCCCC4)cc3)c(C)ccc2c1. The molecule has 0 N–H and O–H groups in total. The molecular weight excluding hydrogens is 362 g/mol. The Bertz CT molecular complexity index is 946. The predicted molar refractivity (Wildman–Crippen MR) is 118 cm³/mol. The smallest absolute Gasteiger partial charge is 0.138 e. The normalized spacial score (nSPS) is 14.7. The molecule has 0 saturated carbocycles. The first-order chi connectivity index (χ1) is 14.2. The Labute approximate surface area is 173 Å². The van der Waals surface area contributed by atoms with Crippen LogP contribution < -0.4 is 14.2 Å². The molecular formula is C25H29NO3. The van der Waals surface area contributed by atoms with Gasteiger partial charge >= 0.3 is 0 Å². The van der Waals surface area contributed by atoms with Crippen LogP contribution in [0.4, 0.5) is 0 Å². The Balaban J connectivity index is 1.41. The molecule has 29 heavy (non-hydrogen) atoms. The Morgan fingerprint density at radius 2 is 1.55 bits per heavy atom. The van der Waals surface area contributed by atoms with Gasteiger partial charge in [-0.1, -0.05) is 18.6 Å². The van der Waals surface area contributed by atoms with E-state index in [1.54, 1.807) is 7.11 Å². The Kier molecular flexibility index (Phi) is 6.20. The van der Waals surface area contributed by atoms with Gasteiger partial charge in [-0.25, -0.2) is 0 Å². The molecule has 3 aromatic rings. The van der Waals surface area contributed by atoms with Crippen LogP contribution in [-0.2, 0) is 0 Å². The van der Waals surface area contributed by atoms with Gasteiger partial charge in [-0.15, -0.1) is 0 Å². The number of methoxy groups -OCH3 is 1. The van der Waals surface area contributed by atoms with Crippen molar-refractivity contribution in [3.05, 3.63) is 60.2 Å². The molecule has 4 heteroatoms. The third kappa shape index (κ3) is 4.83. The number of hydrogen-bond donors (Lipinski definition) is 0. The maximum Gasteiger partial charge on any atom is 0.138 e. The van der Waals surface area contributed by atoms with E-state index in [0.717, 1.165) is 52.5 Å². The highest BCUT2D eigenvalue weighted by atomic mass is 16.5. The van der Waals surface area contributed by atoms with Gasteiger partial charge in [0.25, 0.3) is 0 Å². The monoisotopic (exact) mass is 391 g/mol. The fourth-order valence-electron chi connectivity index (χ4n) is 3.85. The van der Waals surface area contributed by atoms with Crippen molar-refractivity contribution in [1.82, 2.24) is 4.90 Å². The zero-order valence-corrected chi connectivity index (χ0v) is 17.3. The number of rotatable bonds is 7. The maximum absolute atomic E-state index is 6.25. The molecule has 0 spiro atoms. The number of likely N-dealkylation sites (tertiary alicyclic amines) is 1. The summed E-state index contributed by atoms with van der Waals surface area (Å²) in [6, 6.07) is 18.1. The van der Waals surface area contributed by atoms with Gasteiger partial charge in [-0.3, -0.25) is 4.90 Å². The van der Waals surface area contributed by atoms with Gasteiger partial charge in [0, 0.05) is 11.9 Å². The van der Waals surface area contributed by atoms with Crippen LogP contribution in [0.2, 0.25) is 0 Å². The lowest BCUT2D eigenvalue weighted by atomic mass is 10.1. The van der Waals surface area contributed by atoms with E-state index in [4.69, 9.17) is 14.2 Å². The fourth-order valence-corrected chi connectivity index (χ4v) is 3.85. The molecule has 0 aromatic heterocycles. The van der Waals surface area contributed by atoms with E-state index in [9.17, 15) is 0 Å². The van der Waals surface area contributed by atoms with Crippen molar-refractivity contribution < 1.29 is 14.2 Å². The molecule has 0 radical (unpaired) electrons. The second-order valence-electron chi connectivity index (χ2n) is 7.62. The minimum absolute atomic E-state index is 0.727. The molecule has 1 fully saturated rings. The van der Waals surface area contributed by atoms with Gasteiger partial charge in [0.05, 0.1) is 7.11 Å². The van der Waals surface area contributed by atoms with Gasteiger partial charge in [-0.2, -0.15) is 0 Å². The molecule has 0 atom stereocenters. The van der Waals surface area contributed by atoms with Crippen LogP contribution in [0.15, 0.2) is 54.6 Å². The molecule has 4 rings (SSSR count). The molecule has 1 aliphatic rings. The van der Waals surface area contributed by atoms with Crippen LogP contribution in [-0.4, -0.2) is 38.3 Å². The molecule has 1 saturated heterocycles. The number of fused-ring (bicyclic) bond motifs is 1. The summed E-state index contributed by atoms with van der Waals surface area (Å²) in [5.41, 5.74) is 1.10. The molecule has 1 aliphatic heterocycles. The lowest BCUT2D eigenvalue weighted by Crippen LogP contribution is -2.33. The first-order valence-electron chi connectivity index (χ1n) is 10.4. The van der Waals surface area contributed by atoms with Crippen molar-refractivity contribution in [1.29, 1.82) is 0 Å². The number of ether oxygens (including phenoxy) is 3.